The van der Waals surface area contributed by atoms with Crippen molar-refractivity contribution in [2.45, 2.75) is 82.5 Å². The minimum Gasteiger partial charge on any atom is -0.487 e. The molecule has 3 aromatic rings. The summed E-state index contributed by atoms with van der Waals surface area (Å²) >= 11 is 5.45. The molecule has 1 aliphatic carbocycles. The van der Waals surface area contributed by atoms with Crippen LogP contribution in [-0.2, 0) is 10.2 Å². The van der Waals surface area contributed by atoms with Crippen LogP contribution in [0.15, 0.2) is 41.1 Å². The van der Waals surface area contributed by atoms with Crippen molar-refractivity contribution in [1.82, 2.24) is 15.0 Å². The highest BCUT2D eigenvalue weighted by Gasteiger charge is 2.40. The first-order valence-electron chi connectivity index (χ1n) is 12.6. The predicted octanol–water partition coefficient (Wildman–Crippen LogP) is 8.11. The van der Waals surface area contributed by atoms with Crippen LogP contribution in [0.5, 0.6) is 5.75 Å². The molecule has 1 aromatic carbocycles. The molecule has 2 heterocycles. The molecule has 4 rings (SSSR count). The minimum atomic E-state index is -1.76. The maximum atomic E-state index is 6.67. The van der Waals surface area contributed by atoms with Crippen LogP contribution in [0.4, 0.5) is 11.6 Å². The number of hydrogen-bond acceptors (Lipinski definition) is 7. The van der Waals surface area contributed by atoms with E-state index < -0.39 is 8.32 Å². The molecular weight excluding hydrogens is 552 g/mol. The second kappa shape index (κ2) is 11.4. The van der Waals surface area contributed by atoms with Crippen LogP contribution in [0.2, 0.25) is 18.1 Å². The number of pyridine rings is 1. The van der Waals surface area contributed by atoms with Gasteiger partial charge in [-0.25, -0.2) is 9.97 Å². The monoisotopic (exact) mass is 588 g/mol. The van der Waals surface area contributed by atoms with Crippen LogP contribution in [0.25, 0.3) is 10.9 Å². The zero-order valence-corrected chi connectivity index (χ0v) is 25.5. The van der Waals surface area contributed by atoms with Gasteiger partial charge in [-0.15, -0.1) is 0 Å². The Balaban J connectivity index is 1.48. The van der Waals surface area contributed by atoms with E-state index >= 15 is 0 Å². The van der Waals surface area contributed by atoms with Crippen molar-refractivity contribution in [1.29, 1.82) is 0 Å². The Labute approximate surface area is 228 Å². The summed E-state index contributed by atoms with van der Waals surface area (Å²) in [5.41, 5.74) is 2.75. The van der Waals surface area contributed by atoms with Crippen molar-refractivity contribution in [3.63, 3.8) is 0 Å². The van der Waals surface area contributed by atoms with Crippen molar-refractivity contribution in [2.24, 2.45) is 0 Å². The second-order valence-electron chi connectivity index (χ2n) is 11.0. The highest BCUT2D eigenvalue weighted by Crippen LogP contribution is 2.40. The number of halogens is 1. The third kappa shape index (κ3) is 6.60. The average molecular weight is 590 g/mol. The SMILES string of the molecule is CSCc1cc(Nc2ncc3ccc(Br)c(OC4CCC(O[Si](C)(C)C(C)(C)C)CC4)c3n2)ccn1. The molecule has 36 heavy (non-hydrogen) atoms. The number of fused-ring (bicyclic) bond motifs is 1. The second-order valence-corrected chi connectivity index (χ2v) is 17.5. The Morgan fingerprint density at radius 2 is 1.81 bits per heavy atom. The molecule has 1 saturated carbocycles. The van der Waals surface area contributed by atoms with E-state index in [2.05, 4.69) is 71.3 Å². The van der Waals surface area contributed by atoms with E-state index in [1.54, 1.807) is 11.8 Å². The first-order valence-corrected chi connectivity index (χ1v) is 17.7. The summed E-state index contributed by atoms with van der Waals surface area (Å²) in [6.45, 7) is 11.6. The summed E-state index contributed by atoms with van der Waals surface area (Å²) in [7, 11) is -1.76. The number of nitrogens with zero attached hydrogens (tertiary/aromatic N) is 3. The molecule has 0 aliphatic heterocycles. The fourth-order valence-electron chi connectivity index (χ4n) is 4.16. The number of thioether (sulfide) groups is 1. The molecule has 0 radical (unpaired) electrons. The molecule has 2 aromatic heterocycles. The van der Waals surface area contributed by atoms with Gasteiger partial charge in [-0.1, -0.05) is 20.8 Å². The number of nitrogens with one attached hydrogen (secondary N) is 1. The lowest BCUT2D eigenvalue weighted by Crippen LogP contribution is -2.45. The molecule has 0 spiro atoms. The van der Waals surface area contributed by atoms with Crippen molar-refractivity contribution in [3.05, 3.63) is 46.8 Å². The van der Waals surface area contributed by atoms with E-state index in [-0.39, 0.29) is 11.1 Å². The summed E-state index contributed by atoms with van der Waals surface area (Å²) in [5.74, 6) is 2.19. The van der Waals surface area contributed by atoms with Crippen molar-refractivity contribution in [3.8, 4) is 5.75 Å². The Hall–Kier alpha value is -1.68. The summed E-state index contributed by atoms with van der Waals surface area (Å²) in [6.07, 6.45) is 10.2. The van der Waals surface area contributed by atoms with E-state index in [1.165, 1.54) is 0 Å². The van der Waals surface area contributed by atoms with Gasteiger partial charge in [-0.05, 0) is 90.3 Å². The lowest BCUT2D eigenvalue weighted by molar-refractivity contribution is 0.0729. The van der Waals surface area contributed by atoms with Crippen LogP contribution in [-0.4, -0.2) is 41.7 Å². The summed E-state index contributed by atoms with van der Waals surface area (Å²) in [5, 5.41) is 4.51. The highest BCUT2D eigenvalue weighted by molar-refractivity contribution is 9.10. The smallest absolute Gasteiger partial charge is 0.227 e. The van der Waals surface area contributed by atoms with Gasteiger partial charge >= 0.3 is 0 Å². The van der Waals surface area contributed by atoms with Gasteiger partial charge in [-0.2, -0.15) is 11.8 Å². The largest absolute Gasteiger partial charge is 0.487 e. The van der Waals surface area contributed by atoms with Crippen LogP contribution in [0, 0.1) is 0 Å². The predicted molar refractivity (Wildman–Crippen MR) is 157 cm³/mol. The molecular formula is C27H37BrN4O2SSi. The van der Waals surface area contributed by atoms with Gasteiger partial charge in [-0.3, -0.25) is 4.98 Å². The number of anilines is 2. The highest BCUT2D eigenvalue weighted by atomic mass is 79.9. The molecule has 1 fully saturated rings. The molecule has 1 aliphatic rings. The summed E-state index contributed by atoms with van der Waals surface area (Å²) < 4.78 is 14.2. The van der Waals surface area contributed by atoms with Crippen LogP contribution in [0.1, 0.15) is 52.1 Å². The summed E-state index contributed by atoms with van der Waals surface area (Å²) in [6, 6.07) is 7.99. The lowest BCUT2D eigenvalue weighted by Gasteiger charge is -2.41. The molecule has 0 atom stereocenters. The maximum Gasteiger partial charge on any atom is 0.227 e. The standard InChI is InChI=1S/C27H37BrN4O2SSi/c1-27(2,3)36(5,6)34-22-10-8-21(9-11-22)33-25-23(28)12-7-18-16-30-26(32-24(18)25)31-19-13-14-29-20(15-19)17-35-4/h7,12-16,21-22H,8-11,17H2,1-6H3,(H,29,30,31,32). The van der Waals surface area contributed by atoms with Gasteiger partial charge in [0.15, 0.2) is 14.1 Å². The fraction of sp³-hybridized carbons (Fsp3) is 0.519. The van der Waals surface area contributed by atoms with Crippen LogP contribution in [0.3, 0.4) is 0 Å². The molecule has 9 heteroatoms. The van der Waals surface area contributed by atoms with Crippen molar-refractivity contribution >= 4 is 58.5 Å². The zero-order chi connectivity index (χ0) is 25.9. The normalized spacial score (nSPS) is 18.9. The molecule has 0 amide bonds. The average Bonchev–Trinajstić information content (AvgIpc) is 2.82. The number of hydrogen-bond donors (Lipinski definition) is 1. The minimum absolute atomic E-state index is 0.145. The van der Waals surface area contributed by atoms with Crippen LogP contribution < -0.4 is 10.1 Å². The van der Waals surface area contributed by atoms with Gasteiger partial charge in [0.2, 0.25) is 5.95 Å². The number of benzene rings is 1. The Bertz CT molecular complexity index is 1200. The Kier molecular flexibility index (Phi) is 8.64. The molecule has 0 saturated heterocycles. The first-order chi connectivity index (χ1) is 17.1. The van der Waals surface area contributed by atoms with Crippen LogP contribution >= 0.6 is 27.7 Å². The van der Waals surface area contributed by atoms with Gasteiger partial charge in [0, 0.05) is 35.3 Å². The number of rotatable bonds is 8. The molecule has 0 bridgehead atoms. The van der Waals surface area contributed by atoms with E-state index in [0.717, 1.165) is 63.9 Å². The quantitative estimate of drug-likeness (QED) is 0.266. The lowest BCUT2D eigenvalue weighted by atomic mass is 9.95. The van der Waals surface area contributed by atoms with Crippen molar-refractivity contribution in [2.75, 3.05) is 11.6 Å². The third-order valence-electron chi connectivity index (χ3n) is 7.20. The first kappa shape index (κ1) is 27.4. The molecule has 0 unspecified atom stereocenters. The Morgan fingerprint density at radius 1 is 1.08 bits per heavy atom. The topological polar surface area (TPSA) is 69.2 Å². The van der Waals surface area contributed by atoms with Gasteiger partial charge in [0.1, 0.15) is 5.52 Å². The molecule has 194 valence electrons. The maximum absolute atomic E-state index is 6.67. The van der Waals surface area contributed by atoms with E-state index in [0.29, 0.717) is 12.1 Å². The van der Waals surface area contributed by atoms with Crippen molar-refractivity contribution < 1.29 is 9.16 Å². The zero-order valence-electron chi connectivity index (χ0n) is 22.1. The number of ether oxygens (including phenoxy) is 1. The van der Waals surface area contributed by atoms with Gasteiger partial charge in [0.05, 0.1) is 16.3 Å². The Morgan fingerprint density at radius 3 is 2.50 bits per heavy atom. The fourth-order valence-corrected chi connectivity index (χ4v) is 6.45. The number of aromatic nitrogens is 3. The van der Waals surface area contributed by atoms with Gasteiger partial charge < -0.3 is 14.5 Å². The molecule has 6 nitrogen and oxygen atoms in total. The molecule has 1 N–H and O–H groups in total. The van der Waals surface area contributed by atoms with E-state index in [9.17, 15) is 0 Å². The van der Waals surface area contributed by atoms with E-state index in [1.807, 2.05) is 36.7 Å². The third-order valence-corrected chi connectivity index (χ3v) is 12.9. The summed E-state index contributed by atoms with van der Waals surface area (Å²) in [4.78, 5) is 13.8. The van der Waals surface area contributed by atoms with Gasteiger partial charge in [0.25, 0.3) is 0 Å². The van der Waals surface area contributed by atoms with E-state index in [4.69, 9.17) is 14.1 Å².